The fraction of sp³-hybridized carbons (Fsp3) is 0.200. The van der Waals surface area contributed by atoms with E-state index in [1.807, 2.05) is 48.6 Å². The molecule has 1 unspecified atom stereocenters. The summed E-state index contributed by atoms with van der Waals surface area (Å²) in [5.74, 6) is -0.0915. The highest BCUT2D eigenvalue weighted by Gasteiger charge is 2.35. The normalized spacial score (nSPS) is 16.6. The van der Waals surface area contributed by atoms with Crippen LogP contribution in [-0.4, -0.2) is 48.7 Å². The molecule has 0 saturated carbocycles. The first-order valence-corrected chi connectivity index (χ1v) is 10.8. The highest BCUT2D eigenvalue weighted by molar-refractivity contribution is 6.03. The van der Waals surface area contributed by atoms with Crippen molar-refractivity contribution in [2.45, 2.75) is 6.04 Å². The SMILES string of the molecule is CNc1c(N2CCNCC2C(=O)c2ccc(/C=C/c3n[nH]c4ccccc34)cc2)c(=O)c1=O. The Balaban J connectivity index is 1.36. The van der Waals surface area contributed by atoms with Crippen molar-refractivity contribution in [2.24, 2.45) is 0 Å². The van der Waals surface area contributed by atoms with Gasteiger partial charge < -0.3 is 15.5 Å². The highest BCUT2D eigenvalue weighted by Crippen LogP contribution is 2.25. The molecular formula is C25H23N5O3. The van der Waals surface area contributed by atoms with Crippen molar-refractivity contribution in [1.29, 1.82) is 0 Å². The second-order valence-corrected chi connectivity index (χ2v) is 8.02. The van der Waals surface area contributed by atoms with E-state index in [2.05, 4.69) is 20.8 Å². The molecule has 0 spiro atoms. The molecule has 5 rings (SSSR count). The van der Waals surface area contributed by atoms with Crippen LogP contribution in [0.2, 0.25) is 0 Å². The third-order valence-corrected chi connectivity index (χ3v) is 6.10. The van der Waals surface area contributed by atoms with Crippen molar-refractivity contribution in [3.63, 3.8) is 0 Å². The van der Waals surface area contributed by atoms with Crippen molar-refractivity contribution in [3.05, 3.63) is 85.8 Å². The third-order valence-electron chi connectivity index (χ3n) is 6.10. The molecule has 166 valence electrons. The number of nitrogens with zero attached hydrogens (tertiary/aromatic N) is 2. The van der Waals surface area contributed by atoms with Gasteiger partial charge in [0.15, 0.2) is 5.78 Å². The van der Waals surface area contributed by atoms with Crippen LogP contribution in [0.25, 0.3) is 23.1 Å². The fourth-order valence-electron chi connectivity index (χ4n) is 4.33. The number of carbonyl (C=O) groups excluding carboxylic acids is 1. The number of H-pyrrole nitrogens is 1. The summed E-state index contributed by atoms with van der Waals surface area (Å²) in [5, 5.41) is 14.4. The zero-order valence-electron chi connectivity index (χ0n) is 18.1. The van der Waals surface area contributed by atoms with Crippen molar-refractivity contribution in [2.75, 3.05) is 36.9 Å². The summed E-state index contributed by atoms with van der Waals surface area (Å²) in [6, 6.07) is 14.7. The van der Waals surface area contributed by atoms with E-state index in [0.717, 1.165) is 22.2 Å². The first-order valence-electron chi connectivity index (χ1n) is 10.8. The van der Waals surface area contributed by atoms with Crippen LogP contribution >= 0.6 is 0 Å². The maximum atomic E-state index is 13.3. The van der Waals surface area contributed by atoms with E-state index in [4.69, 9.17) is 0 Å². The Kier molecular flexibility index (Phi) is 5.35. The topological polar surface area (TPSA) is 107 Å². The average Bonchev–Trinajstić information content (AvgIpc) is 3.28. The smallest absolute Gasteiger partial charge is 0.253 e. The van der Waals surface area contributed by atoms with Crippen LogP contribution in [-0.2, 0) is 0 Å². The van der Waals surface area contributed by atoms with Gasteiger partial charge in [0.1, 0.15) is 17.4 Å². The van der Waals surface area contributed by atoms with Gasteiger partial charge in [-0.3, -0.25) is 19.5 Å². The Morgan fingerprint density at radius 1 is 1.09 bits per heavy atom. The molecule has 1 saturated heterocycles. The molecule has 1 aliphatic heterocycles. The predicted molar refractivity (Wildman–Crippen MR) is 131 cm³/mol. The zero-order chi connectivity index (χ0) is 22.9. The monoisotopic (exact) mass is 441 g/mol. The van der Waals surface area contributed by atoms with Crippen LogP contribution in [0.5, 0.6) is 0 Å². The molecule has 2 heterocycles. The number of anilines is 2. The van der Waals surface area contributed by atoms with Crippen LogP contribution in [0.1, 0.15) is 21.6 Å². The zero-order valence-corrected chi connectivity index (χ0v) is 18.1. The van der Waals surface area contributed by atoms with Crippen LogP contribution in [0.3, 0.4) is 0 Å². The number of aromatic nitrogens is 2. The van der Waals surface area contributed by atoms with E-state index in [9.17, 15) is 14.4 Å². The molecule has 8 nitrogen and oxygen atoms in total. The molecule has 1 aromatic heterocycles. The van der Waals surface area contributed by atoms with E-state index < -0.39 is 16.9 Å². The summed E-state index contributed by atoms with van der Waals surface area (Å²) < 4.78 is 0. The first-order chi connectivity index (χ1) is 16.1. The molecule has 3 N–H and O–H groups in total. The Bertz CT molecular complexity index is 1430. The summed E-state index contributed by atoms with van der Waals surface area (Å²) in [5.41, 5.74) is 2.86. The second kappa shape index (κ2) is 8.48. The van der Waals surface area contributed by atoms with Crippen molar-refractivity contribution >= 4 is 40.2 Å². The van der Waals surface area contributed by atoms with Crippen molar-refractivity contribution in [1.82, 2.24) is 15.5 Å². The number of ketones is 1. The number of para-hydroxylation sites is 1. The van der Waals surface area contributed by atoms with Crippen LogP contribution < -0.4 is 26.4 Å². The first kappa shape index (κ1) is 20.8. The predicted octanol–water partition coefficient (Wildman–Crippen LogP) is 2.03. The molecular weight excluding hydrogens is 418 g/mol. The second-order valence-electron chi connectivity index (χ2n) is 8.02. The lowest BCUT2D eigenvalue weighted by atomic mass is 9.98. The number of Topliss-reactive ketones (excluding diaryl/α,β-unsaturated/α-hetero) is 1. The number of fused-ring (bicyclic) bond motifs is 1. The van der Waals surface area contributed by atoms with Gasteiger partial charge in [0.25, 0.3) is 10.9 Å². The van der Waals surface area contributed by atoms with Crippen LogP contribution in [0, 0.1) is 0 Å². The average molecular weight is 441 g/mol. The highest BCUT2D eigenvalue weighted by atomic mass is 16.2. The number of rotatable bonds is 6. The van der Waals surface area contributed by atoms with Crippen LogP contribution in [0.15, 0.2) is 58.1 Å². The summed E-state index contributed by atoms with van der Waals surface area (Å²) in [4.78, 5) is 39.1. The summed E-state index contributed by atoms with van der Waals surface area (Å²) >= 11 is 0. The van der Waals surface area contributed by atoms with Gasteiger partial charge in [-0.1, -0.05) is 48.5 Å². The van der Waals surface area contributed by atoms with Gasteiger partial charge in [-0.25, -0.2) is 0 Å². The molecule has 0 bridgehead atoms. The Morgan fingerprint density at radius 2 is 1.88 bits per heavy atom. The van der Waals surface area contributed by atoms with Gasteiger partial charge in [-0.2, -0.15) is 5.10 Å². The maximum absolute atomic E-state index is 13.3. The van der Waals surface area contributed by atoms with Crippen molar-refractivity contribution in [3.8, 4) is 0 Å². The van der Waals surface area contributed by atoms with E-state index in [1.165, 1.54) is 0 Å². The van der Waals surface area contributed by atoms with E-state index >= 15 is 0 Å². The number of hydrogen-bond donors (Lipinski definition) is 3. The summed E-state index contributed by atoms with van der Waals surface area (Å²) in [6.07, 6.45) is 3.89. The fourth-order valence-corrected chi connectivity index (χ4v) is 4.33. The molecule has 1 atom stereocenters. The molecule has 0 radical (unpaired) electrons. The Hall–Kier alpha value is -4.04. The molecule has 8 heteroatoms. The van der Waals surface area contributed by atoms with Gasteiger partial charge in [0.05, 0.1) is 11.2 Å². The molecule has 4 aromatic rings. The molecule has 1 fully saturated rings. The number of carbonyl (C=O) groups is 1. The lowest BCUT2D eigenvalue weighted by Gasteiger charge is -2.38. The van der Waals surface area contributed by atoms with E-state index in [1.54, 1.807) is 24.1 Å². The number of benzene rings is 2. The van der Waals surface area contributed by atoms with Crippen molar-refractivity contribution < 1.29 is 4.79 Å². The maximum Gasteiger partial charge on any atom is 0.253 e. The standard InChI is InChI=1S/C25H23N5O3/c1-26-21-22(25(33)24(21)32)30-13-12-27-14-20(30)23(31)16-9-6-15(7-10-16)8-11-19-17-4-2-3-5-18(17)28-29-19/h2-11,20,26-27H,12-14H2,1H3,(H,28,29)/b11-8+. The lowest BCUT2D eigenvalue weighted by molar-refractivity contribution is 0.0950. The minimum Gasteiger partial charge on any atom is -0.383 e. The van der Waals surface area contributed by atoms with Gasteiger partial charge in [0, 0.05) is 37.6 Å². The summed E-state index contributed by atoms with van der Waals surface area (Å²) in [7, 11) is 1.61. The Labute approximate surface area is 189 Å². The largest absolute Gasteiger partial charge is 0.383 e. The van der Waals surface area contributed by atoms with E-state index in [0.29, 0.717) is 30.9 Å². The van der Waals surface area contributed by atoms with E-state index in [-0.39, 0.29) is 11.5 Å². The number of nitrogens with one attached hydrogen (secondary N) is 3. The quantitative estimate of drug-likeness (QED) is 0.310. The van der Waals surface area contributed by atoms with Gasteiger partial charge in [-0.05, 0) is 17.7 Å². The molecule has 1 aliphatic rings. The minimum absolute atomic E-state index is 0.0915. The molecule has 33 heavy (non-hydrogen) atoms. The molecule has 3 aromatic carbocycles. The number of hydrogen-bond acceptors (Lipinski definition) is 7. The van der Waals surface area contributed by atoms with Gasteiger partial charge >= 0.3 is 0 Å². The lowest BCUT2D eigenvalue weighted by Crippen LogP contribution is -2.58. The number of piperazine rings is 1. The minimum atomic E-state index is -0.550. The molecule has 0 amide bonds. The third kappa shape index (κ3) is 3.64. The Morgan fingerprint density at radius 3 is 2.67 bits per heavy atom. The molecule has 0 aliphatic carbocycles. The summed E-state index contributed by atoms with van der Waals surface area (Å²) in [6.45, 7) is 1.53. The van der Waals surface area contributed by atoms with Gasteiger partial charge in [-0.15, -0.1) is 0 Å². The van der Waals surface area contributed by atoms with Crippen LogP contribution in [0.4, 0.5) is 11.4 Å². The number of aromatic amines is 1. The van der Waals surface area contributed by atoms with Gasteiger partial charge in [0.2, 0.25) is 0 Å².